The van der Waals surface area contributed by atoms with E-state index >= 15 is 0 Å². The van der Waals surface area contributed by atoms with Crippen LogP contribution in [-0.2, 0) is 6.42 Å². The van der Waals surface area contributed by atoms with E-state index in [0.717, 1.165) is 43.4 Å². The summed E-state index contributed by atoms with van der Waals surface area (Å²) >= 11 is 0. The van der Waals surface area contributed by atoms with Crippen LogP contribution in [0, 0.1) is 0 Å². The van der Waals surface area contributed by atoms with E-state index in [-0.39, 0.29) is 0 Å². The highest BCUT2D eigenvalue weighted by atomic mass is 15.2. The molecule has 4 nitrogen and oxygen atoms in total. The summed E-state index contributed by atoms with van der Waals surface area (Å²) in [5, 5.41) is 3.42. The van der Waals surface area contributed by atoms with Crippen LogP contribution >= 0.6 is 0 Å². The van der Waals surface area contributed by atoms with Crippen molar-refractivity contribution >= 4 is 11.6 Å². The monoisotopic (exact) mass is 290 g/mol. The van der Waals surface area contributed by atoms with E-state index in [9.17, 15) is 0 Å². The van der Waals surface area contributed by atoms with Gasteiger partial charge in [0.15, 0.2) is 0 Å². The van der Waals surface area contributed by atoms with Crippen molar-refractivity contribution in [2.45, 2.75) is 71.8 Å². The van der Waals surface area contributed by atoms with Crippen molar-refractivity contribution in [3.05, 3.63) is 11.9 Å². The molecule has 118 valence electrons. The third kappa shape index (κ3) is 4.32. The molecule has 1 aromatic rings. The maximum absolute atomic E-state index is 4.79. The van der Waals surface area contributed by atoms with E-state index in [1.807, 2.05) is 0 Å². The van der Waals surface area contributed by atoms with Crippen LogP contribution in [0.15, 0.2) is 6.07 Å². The SMILES string of the molecule is CCCNc1cc(N2CCCCC2CCC)nc(CC)n1. The van der Waals surface area contributed by atoms with Crippen LogP contribution in [0.2, 0.25) is 0 Å². The Balaban J connectivity index is 2.22. The molecule has 21 heavy (non-hydrogen) atoms. The zero-order chi connectivity index (χ0) is 15.1. The minimum Gasteiger partial charge on any atom is -0.370 e. The number of nitrogens with one attached hydrogen (secondary N) is 1. The van der Waals surface area contributed by atoms with Crippen LogP contribution in [0.4, 0.5) is 11.6 Å². The molecule has 0 spiro atoms. The van der Waals surface area contributed by atoms with Gasteiger partial charge in [0.05, 0.1) is 0 Å². The maximum atomic E-state index is 4.79. The average molecular weight is 290 g/mol. The van der Waals surface area contributed by atoms with Gasteiger partial charge >= 0.3 is 0 Å². The second-order valence-corrected chi connectivity index (χ2v) is 5.94. The molecule has 2 heterocycles. The van der Waals surface area contributed by atoms with Gasteiger partial charge in [-0.2, -0.15) is 0 Å². The Morgan fingerprint density at radius 1 is 1.19 bits per heavy atom. The summed E-state index contributed by atoms with van der Waals surface area (Å²) in [7, 11) is 0. The Kier molecular flexibility index (Phi) is 6.27. The molecule has 2 rings (SSSR count). The minimum absolute atomic E-state index is 0.655. The fourth-order valence-corrected chi connectivity index (χ4v) is 3.07. The first-order chi connectivity index (χ1) is 10.3. The highest BCUT2D eigenvalue weighted by molar-refractivity contribution is 5.50. The van der Waals surface area contributed by atoms with Gasteiger partial charge < -0.3 is 10.2 Å². The van der Waals surface area contributed by atoms with Gasteiger partial charge in [-0.3, -0.25) is 0 Å². The molecule has 0 bridgehead atoms. The van der Waals surface area contributed by atoms with Gasteiger partial charge in [-0.1, -0.05) is 27.2 Å². The summed E-state index contributed by atoms with van der Waals surface area (Å²) in [6.07, 6.45) is 8.45. The Labute approximate surface area is 129 Å². The summed E-state index contributed by atoms with van der Waals surface area (Å²) in [4.78, 5) is 11.9. The number of aromatic nitrogens is 2. The number of hydrogen-bond donors (Lipinski definition) is 1. The van der Waals surface area contributed by atoms with E-state index in [0.29, 0.717) is 6.04 Å². The Morgan fingerprint density at radius 2 is 2.05 bits per heavy atom. The van der Waals surface area contributed by atoms with E-state index in [1.165, 1.54) is 32.1 Å². The van der Waals surface area contributed by atoms with E-state index < -0.39 is 0 Å². The normalized spacial score (nSPS) is 18.8. The molecule has 4 heteroatoms. The molecule has 1 unspecified atom stereocenters. The second-order valence-electron chi connectivity index (χ2n) is 5.94. The second kappa shape index (κ2) is 8.20. The Hall–Kier alpha value is -1.32. The van der Waals surface area contributed by atoms with Gasteiger partial charge in [-0.05, 0) is 32.1 Å². The highest BCUT2D eigenvalue weighted by Gasteiger charge is 2.23. The van der Waals surface area contributed by atoms with Crippen molar-refractivity contribution in [1.29, 1.82) is 0 Å². The van der Waals surface area contributed by atoms with Crippen molar-refractivity contribution in [2.75, 3.05) is 23.3 Å². The molecule has 1 aromatic heterocycles. The molecule has 1 N–H and O–H groups in total. The van der Waals surface area contributed by atoms with Gasteiger partial charge in [-0.25, -0.2) is 9.97 Å². The number of piperidine rings is 1. The van der Waals surface area contributed by atoms with Crippen LogP contribution in [0.3, 0.4) is 0 Å². The molecule has 1 saturated heterocycles. The minimum atomic E-state index is 0.655. The fraction of sp³-hybridized carbons (Fsp3) is 0.765. The van der Waals surface area contributed by atoms with E-state index in [4.69, 9.17) is 4.98 Å². The first-order valence-electron chi connectivity index (χ1n) is 8.66. The summed E-state index contributed by atoms with van der Waals surface area (Å²) in [6, 6.07) is 2.80. The molecule has 1 fully saturated rings. The average Bonchev–Trinajstić information content (AvgIpc) is 2.53. The molecule has 0 amide bonds. The van der Waals surface area contributed by atoms with E-state index in [2.05, 4.69) is 42.0 Å². The lowest BCUT2D eigenvalue weighted by molar-refractivity contribution is 0.431. The van der Waals surface area contributed by atoms with Crippen LogP contribution in [0.5, 0.6) is 0 Å². The lowest BCUT2D eigenvalue weighted by Gasteiger charge is -2.37. The lowest BCUT2D eigenvalue weighted by atomic mass is 9.98. The number of rotatable bonds is 7. The number of aryl methyl sites for hydroxylation is 1. The van der Waals surface area contributed by atoms with Crippen LogP contribution < -0.4 is 10.2 Å². The number of hydrogen-bond acceptors (Lipinski definition) is 4. The van der Waals surface area contributed by atoms with Crippen LogP contribution in [-0.4, -0.2) is 29.1 Å². The number of anilines is 2. The van der Waals surface area contributed by atoms with Crippen molar-refractivity contribution in [2.24, 2.45) is 0 Å². The van der Waals surface area contributed by atoms with Crippen molar-refractivity contribution in [3.63, 3.8) is 0 Å². The van der Waals surface area contributed by atoms with E-state index in [1.54, 1.807) is 0 Å². The standard InChI is InChI=1S/C17H30N4/c1-4-9-14-10-7-8-12-21(14)17-13-16(18-11-5-2)19-15(6-3)20-17/h13-14H,4-12H2,1-3H3,(H,18,19,20). The molecule has 0 aromatic carbocycles. The zero-order valence-electron chi connectivity index (χ0n) is 13.9. The maximum Gasteiger partial charge on any atom is 0.134 e. The topological polar surface area (TPSA) is 41.0 Å². The fourth-order valence-electron chi connectivity index (χ4n) is 3.07. The molecular weight excluding hydrogens is 260 g/mol. The predicted molar refractivity (Wildman–Crippen MR) is 90.1 cm³/mol. The van der Waals surface area contributed by atoms with Crippen LogP contribution in [0.1, 0.15) is 65.1 Å². The molecule has 0 saturated carbocycles. The van der Waals surface area contributed by atoms with Crippen LogP contribution in [0.25, 0.3) is 0 Å². The Bertz CT molecular complexity index is 431. The third-order valence-electron chi connectivity index (χ3n) is 4.17. The summed E-state index contributed by atoms with van der Waals surface area (Å²) in [6.45, 7) is 8.69. The molecule has 1 aliphatic rings. The number of nitrogens with zero attached hydrogens (tertiary/aromatic N) is 3. The summed E-state index contributed by atoms with van der Waals surface area (Å²) in [5.41, 5.74) is 0. The Morgan fingerprint density at radius 3 is 2.76 bits per heavy atom. The summed E-state index contributed by atoms with van der Waals surface area (Å²) in [5.74, 6) is 3.06. The predicted octanol–water partition coefficient (Wildman–Crippen LogP) is 4.02. The quantitative estimate of drug-likeness (QED) is 0.823. The highest BCUT2D eigenvalue weighted by Crippen LogP contribution is 2.27. The van der Waals surface area contributed by atoms with Gasteiger partial charge in [0.25, 0.3) is 0 Å². The molecule has 0 aliphatic carbocycles. The van der Waals surface area contributed by atoms with Gasteiger partial charge in [0, 0.05) is 31.6 Å². The zero-order valence-corrected chi connectivity index (χ0v) is 13.9. The smallest absolute Gasteiger partial charge is 0.134 e. The van der Waals surface area contributed by atoms with Crippen molar-refractivity contribution < 1.29 is 0 Å². The molecular formula is C17H30N4. The largest absolute Gasteiger partial charge is 0.370 e. The van der Waals surface area contributed by atoms with Crippen molar-refractivity contribution in [3.8, 4) is 0 Å². The van der Waals surface area contributed by atoms with Gasteiger partial charge in [-0.15, -0.1) is 0 Å². The first kappa shape index (κ1) is 16.1. The first-order valence-corrected chi connectivity index (χ1v) is 8.66. The summed E-state index contributed by atoms with van der Waals surface area (Å²) < 4.78 is 0. The van der Waals surface area contributed by atoms with Gasteiger partial charge in [0.1, 0.15) is 17.5 Å². The van der Waals surface area contributed by atoms with Crippen molar-refractivity contribution in [1.82, 2.24) is 9.97 Å². The third-order valence-corrected chi connectivity index (χ3v) is 4.17. The lowest BCUT2D eigenvalue weighted by Crippen LogP contribution is -2.40. The molecule has 1 atom stereocenters. The molecule has 1 aliphatic heterocycles. The molecule has 0 radical (unpaired) electrons. The van der Waals surface area contributed by atoms with Gasteiger partial charge in [0.2, 0.25) is 0 Å².